The van der Waals surface area contributed by atoms with Crippen molar-refractivity contribution in [2.45, 2.75) is 14.7 Å². The third kappa shape index (κ3) is 6.23. The maximum atomic E-state index is 12.6. The van der Waals surface area contributed by atoms with Crippen LogP contribution in [0.15, 0.2) is 69.8 Å². The summed E-state index contributed by atoms with van der Waals surface area (Å²) in [4.78, 5) is 6.75. The molecule has 42 heavy (non-hydrogen) atoms. The van der Waals surface area contributed by atoms with Crippen LogP contribution < -0.4 is 59.1 Å². The first-order chi connectivity index (χ1) is 18.4. The summed E-state index contributed by atoms with van der Waals surface area (Å²) in [6.45, 7) is 0. The van der Waals surface area contributed by atoms with Crippen LogP contribution in [-0.4, -0.2) is 70.8 Å². The number of benzene rings is 3. The molecule has 2 aromatic heterocycles. The fraction of sp³-hybridized carbons (Fsp3) is 0. The molecule has 0 aliphatic rings. The SMILES string of the molecule is O=S(=O)([O-])c1cc(-c2c(S(=O)(=O)O)ccc3ncn(S(=O)(=O)[O-])c23)cc(S(=O)(=O)O)c1-c1cccc2[nH]cnc12.[Na+].[Na+]. The van der Waals surface area contributed by atoms with E-state index in [2.05, 4.69) is 15.0 Å². The van der Waals surface area contributed by atoms with Crippen molar-refractivity contribution < 1.29 is 111 Å². The molecular formula is C20H12N4Na2O12S4. The van der Waals surface area contributed by atoms with Gasteiger partial charge in [0.2, 0.25) is 0 Å². The molecule has 210 valence electrons. The van der Waals surface area contributed by atoms with Gasteiger partial charge >= 0.3 is 59.1 Å². The van der Waals surface area contributed by atoms with Gasteiger partial charge in [-0.05, 0) is 35.9 Å². The third-order valence-electron chi connectivity index (χ3n) is 5.78. The molecule has 0 unspecified atom stereocenters. The van der Waals surface area contributed by atoms with Gasteiger partial charge in [-0.1, -0.05) is 12.1 Å². The number of rotatable bonds is 6. The fourth-order valence-electron chi connectivity index (χ4n) is 4.29. The van der Waals surface area contributed by atoms with E-state index in [0.717, 1.165) is 12.1 Å². The van der Waals surface area contributed by atoms with Gasteiger partial charge in [0.1, 0.15) is 26.2 Å². The number of fused-ring (bicyclic) bond motifs is 2. The van der Waals surface area contributed by atoms with Crippen LogP contribution in [0.4, 0.5) is 0 Å². The first-order valence-corrected chi connectivity index (χ1v) is 16.0. The summed E-state index contributed by atoms with van der Waals surface area (Å²) in [5.74, 6) is 0. The normalized spacial score (nSPS) is 12.7. The molecule has 16 nitrogen and oxygen atoms in total. The zero-order chi connectivity index (χ0) is 29.4. The summed E-state index contributed by atoms with van der Waals surface area (Å²) < 4.78 is 143. The predicted octanol–water partition coefficient (Wildman–Crippen LogP) is -5.04. The fourth-order valence-corrected chi connectivity index (χ4v) is 7.14. The number of nitrogens with zero attached hydrogens (tertiary/aromatic N) is 3. The van der Waals surface area contributed by atoms with Gasteiger partial charge in [0.15, 0.2) is 10.3 Å². The molecule has 0 bridgehead atoms. The molecule has 2 heterocycles. The number of hydrogen-bond acceptors (Lipinski definition) is 12. The standard InChI is InChI=1S/C20H14N4O12S4.2Na/c25-37(26,27)14-5-4-13-20(24(9-23-13)40(34,35)36)17(14)10-6-15(38(28,29)30)18(16(7-10)39(31,32)33)11-2-1-3-12-19(11)22-8-21-12;;/h1-9H,(H,21,22)(H,25,26,27)(H,28,29,30)(H,31,32,33)(H,34,35,36);;/q;2*+1/p-2. The molecule has 0 saturated carbocycles. The van der Waals surface area contributed by atoms with Crippen molar-refractivity contribution in [2.75, 3.05) is 0 Å². The van der Waals surface area contributed by atoms with Crippen molar-refractivity contribution in [3.05, 3.63) is 55.1 Å². The first-order valence-electron chi connectivity index (χ1n) is 10.4. The van der Waals surface area contributed by atoms with Crippen molar-refractivity contribution in [2.24, 2.45) is 0 Å². The summed E-state index contributed by atoms with van der Waals surface area (Å²) >= 11 is 0. The summed E-state index contributed by atoms with van der Waals surface area (Å²) in [5.41, 5.74) is -3.67. The number of para-hydroxylation sites is 1. The molecule has 5 aromatic rings. The van der Waals surface area contributed by atoms with E-state index in [1.807, 2.05) is 0 Å². The van der Waals surface area contributed by atoms with Gasteiger partial charge in [0.05, 0.1) is 33.3 Å². The van der Waals surface area contributed by atoms with E-state index in [0.29, 0.717) is 18.5 Å². The first kappa shape index (κ1) is 34.7. The maximum Gasteiger partial charge on any atom is 1.00 e. The van der Waals surface area contributed by atoms with Crippen LogP contribution >= 0.6 is 0 Å². The Morgan fingerprint density at radius 1 is 0.762 bits per heavy atom. The largest absolute Gasteiger partial charge is 1.00 e. The second kappa shape index (κ2) is 11.6. The molecule has 0 atom stereocenters. The zero-order valence-corrected chi connectivity index (χ0v) is 28.4. The molecule has 0 aliphatic heterocycles. The van der Waals surface area contributed by atoms with Crippen molar-refractivity contribution in [3.63, 3.8) is 0 Å². The molecule has 3 N–H and O–H groups in total. The minimum absolute atomic E-state index is 0. The van der Waals surface area contributed by atoms with Crippen LogP contribution in [0.2, 0.25) is 0 Å². The van der Waals surface area contributed by atoms with Gasteiger partial charge in [-0.3, -0.25) is 9.11 Å². The number of hydrogen-bond donors (Lipinski definition) is 3. The Morgan fingerprint density at radius 3 is 1.95 bits per heavy atom. The quantitative estimate of drug-likeness (QED) is 0.112. The Labute approximate surface area is 281 Å². The second-order valence-corrected chi connectivity index (χ2v) is 13.5. The van der Waals surface area contributed by atoms with Gasteiger partial charge in [-0.25, -0.2) is 30.8 Å². The molecule has 0 amide bonds. The van der Waals surface area contributed by atoms with E-state index in [1.165, 1.54) is 24.5 Å². The van der Waals surface area contributed by atoms with Gasteiger partial charge < -0.3 is 14.1 Å². The van der Waals surface area contributed by atoms with Crippen LogP contribution in [0.3, 0.4) is 0 Å². The van der Waals surface area contributed by atoms with Crippen LogP contribution in [-0.2, 0) is 40.7 Å². The van der Waals surface area contributed by atoms with E-state index in [-0.39, 0.29) is 85.2 Å². The topological polar surface area (TPSA) is 270 Å². The zero-order valence-electron chi connectivity index (χ0n) is 21.1. The van der Waals surface area contributed by atoms with Crippen molar-refractivity contribution in [3.8, 4) is 22.3 Å². The summed E-state index contributed by atoms with van der Waals surface area (Å²) in [5, 5.41) is 0. The molecule has 0 spiro atoms. The van der Waals surface area contributed by atoms with E-state index in [4.69, 9.17) is 0 Å². The van der Waals surface area contributed by atoms with E-state index >= 15 is 0 Å². The smallest absolute Gasteiger partial charge is 0.744 e. The van der Waals surface area contributed by atoms with Crippen molar-refractivity contribution >= 4 is 62.7 Å². The van der Waals surface area contributed by atoms with Crippen LogP contribution in [0.1, 0.15) is 0 Å². The predicted molar refractivity (Wildman–Crippen MR) is 133 cm³/mol. The molecular weight excluding hydrogens is 662 g/mol. The Kier molecular flexibility index (Phi) is 9.62. The van der Waals surface area contributed by atoms with Crippen LogP contribution in [0.5, 0.6) is 0 Å². The average Bonchev–Trinajstić information content (AvgIpc) is 3.47. The van der Waals surface area contributed by atoms with Gasteiger partial charge in [0.25, 0.3) is 20.2 Å². The monoisotopic (exact) mass is 674 g/mol. The minimum Gasteiger partial charge on any atom is -0.744 e. The Hall–Kier alpha value is -1.76. The van der Waals surface area contributed by atoms with Gasteiger partial charge in [-0.2, -0.15) is 16.8 Å². The number of aromatic nitrogens is 4. The Morgan fingerprint density at radius 2 is 1.38 bits per heavy atom. The molecule has 5 rings (SSSR count). The number of H-pyrrole nitrogens is 1. The summed E-state index contributed by atoms with van der Waals surface area (Å²) in [6, 6.07) is 6.73. The van der Waals surface area contributed by atoms with Crippen LogP contribution in [0.25, 0.3) is 44.3 Å². The molecule has 3 aromatic carbocycles. The molecule has 0 saturated heterocycles. The van der Waals surface area contributed by atoms with E-state index in [9.17, 15) is 51.9 Å². The Balaban J connectivity index is 0.00000242. The Bertz CT molecular complexity index is 2280. The molecule has 0 radical (unpaired) electrons. The van der Waals surface area contributed by atoms with Crippen molar-refractivity contribution in [1.82, 2.24) is 18.9 Å². The number of nitrogens with one attached hydrogen (secondary N) is 1. The summed E-state index contributed by atoms with van der Waals surface area (Å²) in [6.07, 6.45) is 1.68. The minimum atomic E-state index is -5.65. The third-order valence-corrected chi connectivity index (χ3v) is 9.17. The average molecular weight is 675 g/mol. The summed E-state index contributed by atoms with van der Waals surface area (Å²) in [7, 11) is -21.8. The second-order valence-electron chi connectivity index (χ2n) is 8.16. The number of imidazole rings is 2. The van der Waals surface area contributed by atoms with Crippen molar-refractivity contribution in [1.29, 1.82) is 0 Å². The molecule has 0 aliphatic carbocycles. The number of aromatic amines is 1. The maximum absolute atomic E-state index is 12.6. The molecule has 22 heteroatoms. The molecule has 0 fully saturated rings. The van der Waals surface area contributed by atoms with Gasteiger partial charge in [-0.15, -0.1) is 0 Å². The van der Waals surface area contributed by atoms with E-state index < -0.39 is 77.6 Å². The van der Waals surface area contributed by atoms with Crippen LogP contribution in [0, 0.1) is 0 Å². The van der Waals surface area contributed by atoms with E-state index in [1.54, 1.807) is 0 Å². The van der Waals surface area contributed by atoms with Gasteiger partial charge in [0, 0.05) is 16.7 Å².